The maximum Gasteiger partial charge on any atom is 0.413 e. The normalized spacial score (nSPS) is 12.6. The van der Waals surface area contributed by atoms with Crippen molar-refractivity contribution < 1.29 is 63.9 Å². The second-order valence-electron chi connectivity index (χ2n) is 8.48. The maximum absolute atomic E-state index is 9.44. The number of rotatable bonds is 12. The maximum atomic E-state index is 9.44. The first-order valence-electron chi connectivity index (χ1n) is 11.9. The van der Waals surface area contributed by atoms with Crippen LogP contribution in [0, 0.1) is 0 Å². The van der Waals surface area contributed by atoms with Gasteiger partial charge in [0.15, 0.2) is 0 Å². The molecule has 46 heavy (non-hydrogen) atoms. The number of aryl methyl sites for hydroxylation is 1. The van der Waals surface area contributed by atoms with Crippen LogP contribution < -0.4 is 4.74 Å². The summed E-state index contributed by atoms with van der Waals surface area (Å²) in [6, 6.07) is 16.0. The second kappa shape index (κ2) is 16.9. The summed E-state index contributed by atoms with van der Waals surface area (Å²) in [5.41, 5.74) is 2.30. The summed E-state index contributed by atoms with van der Waals surface area (Å²) in [7, 11) is -20.5. The van der Waals surface area contributed by atoms with E-state index in [4.69, 9.17) is 34.5 Å². The molecular formula is C22H25ClN4O15S4. The van der Waals surface area contributed by atoms with Crippen molar-refractivity contribution in [1.29, 1.82) is 0 Å². The van der Waals surface area contributed by atoms with E-state index in [9.17, 15) is 33.7 Å². The van der Waals surface area contributed by atoms with Gasteiger partial charge in [-0.3, -0.25) is 18.2 Å². The number of imidazole rings is 2. The van der Waals surface area contributed by atoms with Crippen LogP contribution >= 0.6 is 11.6 Å². The van der Waals surface area contributed by atoms with Crippen molar-refractivity contribution in [3.63, 3.8) is 0 Å². The molecule has 4 N–H and O–H groups in total. The first-order chi connectivity index (χ1) is 21.2. The van der Waals surface area contributed by atoms with Crippen LogP contribution in [0.25, 0.3) is 5.69 Å². The smallest absolute Gasteiger partial charge is 0.413 e. The molecule has 2 aromatic heterocycles. The number of halogens is 1. The molecule has 0 aliphatic rings. The highest BCUT2D eigenvalue weighted by atomic mass is 35.5. The van der Waals surface area contributed by atoms with Gasteiger partial charge in [-0.2, -0.15) is 33.7 Å². The van der Waals surface area contributed by atoms with Crippen LogP contribution in [0.5, 0.6) is 5.75 Å². The van der Waals surface area contributed by atoms with E-state index >= 15 is 0 Å². The highest BCUT2D eigenvalue weighted by molar-refractivity contribution is 7.94. The van der Waals surface area contributed by atoms with Gasteiger partial charge in [-0.25, -0.2) is 9.97 Å². The Labute approximate surface area is 268 Å². The largest absolute Gasteiger partial charge is 0.489 e. The molecule has 1 atom stereocenters. The molecule has 4 rings (SSSR count). The van der Waals surface area contributed by atoms with E-state index in [-0.39, 0.29) is 6.10 Å². The topological polar surface area (TPSA) is 281 Å². The average Bonchev–Trinajstić information content (AvgIpc) is 3.60. The third-order valence-corrected chi connectivity index (χ3v) is 7.93. The number of ether oxygens (including phenoxy) is 1. The van der Waals surface area contributed by atoms with Gasteiger partial charge in [-0.1, -0.05) is 23.7 Å². The number of hydrogen-bond donors (Lipinski definition) is 4. The number of hydrogen-bond acceptors (Lipinski definition) is 13. The fraction of sp³-hybridized carbons (Fsp3) is 0.182. The van der Waals surface area contributed by atoms with Crippen molar-refractivity contribution in [1.82, 2.24) is 19.1 Å². The zero-order valence-corrected chi connectivity index (χ0v) is 26.9. The molecular weight excluding hydrogens is 724 g/mol. The molecule has 0 saturated carbocycles. The Kier molecular flexibility index (Phi) is 14.2. The second-order valence-corrected chi connectivity index (χ2v) is 13.4. The number of nitrogens with zero attached hydrogens (tertiary/aromatic N) is 4. The van der Waals surface area contributed by atoms with E-state index in [0.717, 1.165) is 35.8 Å². The quantitative estimate of drug-likeness (QED) is 0.151. The summed E-state index contributed by atoms with van der Waals surface area (Å²) in [4.78, 5) is 8.22. The summed E-state index contributed by atoms with van der Waals surface area (Å²) in [5.74, 6) is 0.852. The molecule has 2 heterocycles. The molecule has 0 radical (unpaired) electrons. The molecule has 0 amide bonds. The summed E-state index contributed by atoms with van der Waals surface area (Å²) in [5, 5.41) is 0.757. The molecule has 254 valence electrons. The molecule has 0 bridgehead atoms. The SMILES string of the molecule is Clc1ccc(CCC(Cn2ccnc2)Oc2ccc(-n3ccnc3)cc2)cc1.O=S(=O)(O)OS(=O)(=O)O.O=S(=O)(O)OS(=O)(=O)O. The lowest BCUT2D eigenvalue weighted by atomic mass is 10.1. The molecule has 0 fully saturated rings. The molecule has 0 aliphatic carbocycles. The molecule has 2 aromatic carbocycles. The summed E-state index contributed by atoms with van der Waals surface area (Å²) in [6.07, 6.45) is 12.9. The Morgan fingerprint density at radius 1 is 0.696 bits per heavy atom. The van der Waals surface area contributed by atoms with E-state index in [2.05, 4.69) is 29.4 Å². The summed E-state index contributed by atoms with van der Waals surface area (Å²) < 4.78 is 121. The van der Waals surface area contributed by atoms with Crippen LogP contribution in [0.4, 0.5) is 0 Å². The van der Waals surface area contributed by atoms with Crippen molar-refractivity contribution in [2.45, 2.75) is 25.5 Å². The predicted molar refractivity (Wildman–Crippen MR) is 158 cm³/mol. The lowest BCUT2D eigenvalue weighted by Crippen LogP contribution is -2.23. The Morgan fingerprint density at radius 2 is 1.20 bits per heavy atom. The monoisotopic (exact) mass is 748 g/mol. The molecule has 19 nitrogen and oxygen atoms in total. The van der Waals surface area contributed by atoms with Crippen LogP contribution in [-0.4, -0.2) is 77.1 Å². The lowest BCUT2D eigenvalue weighted by molar-refractivity contribution is 0.170. The Balaban J connectivity index is 0.000000338. The van der Waals surface area contributed by atoms with Gasteiger partial charge in [0, 0.05) is 35.5 Å². The van der Waals surface area contributed by atoms with Crippen LogP contribution in [0.2, 0.25) is 5.02 Å². The van der Waals surface area contributed by atoms with Crippen LogP contribution in [0.15, 0.2) is 86.0 Å². The van der Waals surface area contributed by atoms with E-state index < -0.39 is 41.6 Å². The number of aromatic nitrogens is 4. The van der Waals surface area contributed by atoms with Crippen LogP contribution in [0.1, 0.15) is 12.0 Å². The zero-order valence-electron chi connectivity index (χ0n) is 22.9. The minimum absolute atomic E-state index is 0.0315. The van der Waals surface area contributed by atoms with E-state index in [1.807, 2.05) is 64.3 Å². The van der Waals surface area contributed by atoms with Gasteiger partial charge in [0.05, 0.1) is 19.2 Å². The molecule has 0 saturated heterocycles. The number of benzene rings is 2. The van der Waals surface area contributed by atoms with Crippen molar-refractivity contribution in [3.05, 3.63) is 96.6 Å². The fourth-order valence-electron chi connectivity index (χ4n) is 3.31. The van der Waals surface area contributed by atoms with Crippen LogP contribution in [-0.2, 0) is 61.8 Å². The van der Waals surface area contributed by atoms with Crippen molar-refractivity contribution in [2.24, 2.45) is 0 Å². The fourth-order valence-corrected chi connectivity index (χ4v) is 5.18. The Hall–Kier alpha value is -3.49. The molecule has 1 unspecified atom stereocenters. The van der Waals surface area contributed by atoms with Gasteiger partial charge in [-0.15, -0.1) is 7.26 Å². The Morgan fingerprint density at radius 3 is 1.61 bits per heavy atom. The highest BCUT2D eigenvalue weighted by Gasteiger charge is 2.17. The molecule has 0 spiro atoms. The van der Waals surface area contributed by atoms with Gasteiger partial charge < -0.3 is 13.9 Å². The van der Waals surface area contributed by atoms with Gasteiger partial charge in [0.2, 0.25) is 0 Å². The highest BCUT2D eigenvalue weighted by Crippen LogP contribution is 2.20. The minimum atomic E-state index is -5.12. The van der Waals surface area contributed by atoms with Gasteiger partial charge in [0.25, 0.3) is 0 Å². The third-order valence-electron chi connectivity index (χ3n) is 4.93. The van der Waals surface area contributed by atoms with E-state index in [1.165, 1.54) is 5.56 Å². The average molecular weight is 749 g/mol. The van der Waals surface area contributed by atoms with E-state index in [0.29, 0.717) is 0 Å². The van der Waals surface area contributed by atoms with Crippen molar-refractivity contribution in [3.8, 4) is 11.4 Å². The molecule has 4 aromatic rings. The molecule has 0 aliphatic heterocycles. The first kappa shape index (κ1) is 38.7. The summed E-state index contributed by atoms with van der Waals surface area (Å²) >= 11 is 5.99. The lowest BCUT2D eigenvalue weighted by Gasteiger charge is -2.20. The van der Waals surface area contributed by atoms with Crippen molar-refractivity contribution >= 4 is 53.2 Å². The predicted octanol–water partition coefficient (Wildman–Crippen LogP) is 2.02. The van der Waals surface area contributed by atoms with Crippen LogP contribution in [0.3, 0.4) is 0 Å². The van der Waals surface area contributed by atoms with E-state index in [1.54, 1.807) is 18.7 Å². The zero-order chi connectivity index (χ0) is 34.6. The minimum Gasteiger partial charge on any atom is -0.489 e. The summed E-state index contributed by atoms with van der Waals surface area (Å²) in [6.45, 7) is 0.747. The first-order valence-corrected chi connectivity index (χ1v) is 17.8. The van der Waals surface area contributed by atoms with Gasteiger partial charge in [-0.05, 0) is 54.8 Å². The van der Waals surface area contributed by atoms with Gasteiger partial charge >= 0.3 is 41.6 Å². The third kappa shape index (κ3) is 17.9. The molecule has 24 heteroatoms. The Bertz CT molecular complexity index is 1810. The van der Waals surface area contributed by atoms with Gasteiger partial charge in [0.1, 0.15) is 11.9 Å². The standard InChI is InChI=1S/C22H21ClN4O.2H2O7S2/c23-19-4-1-18(2-5-19)3-8-22(15-26-13-11-24-16-26)28-21-9-6-20(7-10-21)27-14-12-25-17-27;2*1-8(2,3)7-9(4,5)6/h1-2,4-7,9-14,16-17,22H,3,8,15H2;2*(H,1,2,3)(H,4,5,6). The van der Waals surface area contributed by atoms with Crippen molar-refractivity contribution in [2.75, 3.05) is 0 Å².